The maximum atomic E-state index is 5.20. The van der Waals surface area contributed by atoms with Crippen molar-refractivity contribution in [3.63, 3.8) is 0 Å². The van der Waals surface area contributed by atoms with Gasteiger partial charge in [0, 0.05) is 18.7 Å². The molecule has 2 aromatic rings. The molecule has 0 bridgehead atoms. The Morgan fingerprint density at radius 3 is 3.31 bits per heavy atom. The molecule has 1 saturated heterocycles. The first kappa shape index (κ1) is 9.78. The minimum absolute atomic E-state index is 0.544. The van der Waals surface area contributed by atoms with E-state index in [-0.39, 0.29) is 0 Å². The molecule has 1 N–H and O–H groups in total. The Labute approximate surface area is 94.0 Å². The first-order valence-corrected chi connectivity index (χ1v) is 5.86. The zero-order valence-corrected chi connectivity index (χ0v) is 9.15. The summed E-state index contributed by atoms with van der Waals surface area (Å²) < 4.78 is 5.20. The molecule has 1 aliphatic rings. The van der Waals surface area contributed by atoms with Crippen LogP contribution in [0.4, 0.5) is 0 Å². The second-order valence-corrected chi connectivity index (χ2v) is 4.34. The first-order chi connectivity index (χ1) is 7.93. The molecule has 4 nitrogen and oxygen atoms in total. The molecule has 3 heterocycles. The third kappa shape index (κ3) is 1.80. The van der Waals surface area contributed by atoms with Crippen molar-refractivity contribution in [1.29, 1.82) is 0 Å². The number of piperidine rings is 1. The standard InChI is InChI=1S/C12H15N3O/c1-2-6-13-9(4-1)8-11-10-5-3-7-14-12(10)16-15-11/h3,5,7,9,13H,1-2,4,6,8H2. The summed E-state index contributed by atoms with van der Waals surface area (Å²) in [6.45, 7) is 1.12. The van der Waals surface area contributed by atoms with Crippen molar-refractivity contribution in [2.45, 2.75) is 31.7 Å². The van der Waals surface area contributed by atoms with Crippen LogP contribution < -0.4 is 5.32 Å². The highest BCUT2D eigenvalue weighted by Gasteiger charge is 2.17. The lowest BCUT2D eigenvalue weighted by atomic mass is 10.00. The Bertz CT molecular complexity index is 474. The summed E-state index contributed by atoms with van der Waals surface area (Å²) in [5.74, 6) is 0. The molecule has 1 aliphatic heterocycles. The van der Waals surface area contributed by atoms with Crippen LogP contribution in [0.15, 0.2) is 22.9 Å². The fourth-order valence-electron chi connectivity index (χ4n) is 2.31. The molecule has 3 rings (SSSR count). The van der Waals surface area contributed by atoms with E-state index in [0.717, 1.165) is 24.0 Å². The van der Waals surface area contributed by atoms with Crippen molar-refractivity contribution in [3.8, 4) is 0 Å². The van der Waals surface area contributed by atoms with Gasteiger partial charge in [0.2, 0.25) is 0 Å². The Balaban J connectivity index is 1.83. The third-order valence-electron chi connectivity index (χ3n) is 3.18. The Morgan fingerprint density at radius 2 is 2.44 bits per heavy atom. The van der Waals surface area contributed by atoms with Crippen LogP contribution in [0.3, 0.4) is 0 Å². The van der Waals surface area contributed by atoms with E-state index in [1.165, 1.54) is 19.3 Å². The smallest absolute Gasteiger partial charge is 0.257 e. The van der Waals surface area contributed by atoms with E-state index in [4.69, 9.17) is 4.52 Å². The lowest BCUT2D eigenvalue weighted by molar-refractivity contribution is 0.383. The molecule has 1 atom stereocenters. The van der Waals surface area contributed by atoms with Gasteiger partial charge in [-0.2, -0.15) is 0 Å². The van der Waals surface area contributed by atoms with Gasteiger partial charge in [0.05, 0.1) is 11.1 Å². The van der Waals surface area contributed by atoms with Gasteiger partial charge >= 0.3 is 0 Å². The normalized spacial score (nSPS) is 21.4. The van der Waals surface area contributed by atoms with Crippen molar-refractivity contribution < 1.29 is 4.52 Å². The molecule has 0 spiro atoms. The molecule has 0 radical (unpaired) electrons. The van der Waals surface area contributed by atoms with Gasteiger partial charge in [-0.25, -0.2) is 4.98 Å². The van der Waals surface area contributed by atoms with Crippen molar-refractivity contribution in [3.05, 3.63) is 24.0 Å². The van der Waals surface area contributed by atoms with Gasteiger partial charge in [-0.1, -0.05) is 11.6 Å². The fourth-order valence-corrected chi connectivity index (χ4v) is 2.31. The van der Waals surface area contributed by atoms with Crippen LogP contribution in [-0.4, -0.2) is 22.7 Å². The molecule has 0 saturated carbocycles. The van der Waals surface area contributed by atoms with E-state index in [1.807, 2.05) is 12.1 Å². The summed E-state index contributed by atoms with van der Waals surface area (Å²) in [6.07, 6.45) is 6.51. The van der Waals surface area contributed by atoms with Gasteiger partial charge in [0.25, 0.3) is 5.71 Å². The molecule has 1 fully saturated rings. The van der Waals surface area contributed by atoms with E-state index in [0.29, 0.717) is 11.8 Å². The maximum absolute atomic E-state index is 5.20. The number of aromatic nitrogens is 2. The largest absolute Gasteiger partial charge is 0.336 e. The molecule has 0 aromatic carbocycles. The van der Waals surface area contributed by atoms with Gasteiger partial charge in [-0.3, -0.25) is 0 Å². The number of hydrogen-bond donors (Lipinski definition) is 1. The van der Waals surface area contributed by atoms with E-state index < -0.39 is 0 Å². The molecular formula is C12H15N3O. The SMILES string of the molecule is c1cnc2onc(CC3CCCCN3)c2c1. The number of pyridine rings is 1. The van der Waals surface area contributed by atoms with Crippen LogP contribution in [0, 0.1) is 0 Å². The average molecular weight is 217 g/mol. The van der Waals surface area contributed by atoms with Crippen LogP contribution in [0.25, 0.3) is 11.1 Å². The Kier molecular flexibility index (Phi) is 2.58. The number of rotatable bonds is 2. The highest BCUT2D eigenvalue weighted by molar-refractivity contribution is 5.75. The van der Waals surface area contributed by atoms with Crippen molar-refractivity contribution in [2.24, 2.45) is 0 Å². The summed E-state index contributed by atoms with van der Waals surface area (Å²) >= 11 is 0. The monoisotopic (exact) mass is 217 g/mol. The molecule has 4 heteroatoms. The van der Waals surface area contributed by atoms with Crippen LogP contribution >= 0.6 is 0 Å². The maximum Gasteiger partial charge on any atom is 0.257 e. The minimum atomic E-state index is 0.544. The van der Waals surface area contributed by atoms with Crippen LogP contribution in [-0.2, 0) is 6.42 Å². The lowest BCUT2D eigenvalue weighted by Crippen LogP contribution is -2.35. The van der Waals surface area contributed by atoms with Crippen molar-refractivity contribution >= 4 is 11.1 Å². The summed E-state index contributed by atoms with van der Waals surface area (Å²) in [6, 6.07) is 4.50. The predicted octanol–water partition coefficient (Wildman–Crippen LogP) is 1.91. The number of nitrogens with one attached hydrogen (secondary N) is 1. The fraction of sp³-hybridized carbons (Fsp3) is 0.500. The molecule has 84 valence electrons. The van der Waals surface area contributed by atoms with Gasteiger partial charge < -0.3 is 9.84 Å². The highest BCUT2D eigenvalue weighted by atomic mass is 16.5. The predicted molar refractivity (Wildman–Crippen MR) is 61.1 cm³/mol. The Morgan fingerprint density at radius 1 is 1.44 bits per heavy atom. The zero-order chi connectivity index (χ0) is 10.8. The average Bonchev–Trinajstić information content (AvgIpc) is 2.74. The van der Waals surface area contributed by atoms with E-state index in [9.17, 15) is 0 Å². The van der Waals surface area contributed by atoms with Crippen molar-refractivity contribution in [1.82, 2.24) is 15.5 Å². The van der Waals surface area contributed by atoms with Gasteiger partial charge in [-0.05, 0) is 31.5 Å². The second-order valence-electron chi connectivity index (χ2n) is 4.34. The third-order valence-corrected chi connectivity index (χ3v) is 3.18. The summed E-state index contributed by atoms with van der Waals surface area (Å²) in [4.78, 5) is 4.15. The quantitative estimate of drug-likeness (QED) is 0.834. The molecule has 0 amide bonds. The van der Waals surface area contributed by atoms with Crippen LogP contribution in [0.1, 0.15) is 25.0 Å². The van der Waals surface area contributed by atoms with E-state index in [1.54, 1.807) is 6.20 Å². The van der Waals surface area contributed by atoms with Gasteiger partial charge in [0.15, 0.2) is 0 Å². The van der Waals surface area contributed by atoms with Crippen molar-refractivity contribution in [2.75, 3.05) is 6.54 Å². The highest BCUT2D eigenvalue weighted by Crippen LogP contribution is 2.19. The minimum Gasteiger partial charge on any atom is -0.336 e. The number of fused-ring (bicyclic) bond motifs is 1. The Hall–Kier alpha value is -1.42. The van der Waals surface area contributed by atoms with Gasteiger partial charge in [-0.15, -0.1) is 0 Å². The zero-order valence-electron chi connectivity index (χ0n) is 9.15. The topological polar surface area (TPSA) is 51.0 Å². The summed E-state index contributed by atoms with van der Waals surface area (Å²) in [5.41, 5.74) is 1.68. The van der Waals surface area contributed by atoms with E-state index in [2.05, 4.69) is 15.5 Å². The second kappa shape index (κ2) is 4.22. The first-order valence-electron chi connectivity index (χ1n) is 5.86. The number of hydrogen-bond acceptors (Lipinski definition) is 4. The lowest BCUT2D eigenvalue weighted by Gasteiger charge is -2.22. The number of nitrogens with zero attached hydrogens (tertiary/aromatic N) is 2. The molecule has 0 aliphatic carbocycles. The van der Waals surface area contributed by atoms with Gasteiger partial charge in [0.1, 0.15) is 0 Å². The summed E-state index contributed by atoms with van der Waals surface area (Å²) in [5, 5.41) is 8.68. The molecule has 1 unspecified atom stereocenters. The van der Waals surface area contributed by atoms with Crippen LogP contribution in [0.2, 0.25) is 0 Å². The molecular weight excluding hydrogens is 202 g/mol. The summed E-state index contributed by atoms with van der Waals surface area (Å²) in [7, 11) is 0. The van der Waals surface area contributed by atoms with Crippen LogP contribution in [0.5, 0.6) is 0 Å². The molecule has 2 aromatic heterocycles. The molecule has 16 heavy (non-hydrogen) atoms. The van der Waals surface area contributed by atoms with E-state index >= 15 is 0 Å².